The van der Waals surface area contributed by atoms with Crippen molar-refractivity contribution in [2.24, 2.45) is 0 Å². The molecule has 0 atom stereocenters. The summed E-state index contributed by atoms with van der Waals surface area (Å²) in [5, 5.41) is 0.524. The predicted molar refractivity (Wildman–Crippen MR) is 68.7 cm³/mol. The number of ether oxygens (including phenoxy) is 1. The minimum absolute atomic E-state index is 0.0716. The summed E-state index contributed by atoms with van der Waals surface area (Å²) >= 11 is 6.20. The number of hydrogen-bond acceptors (Lipinski definition) is 3. The largest absolute Gasteiger partial charge is 0.465 e. The quantitative estimate of drug-likeness (QED) is 0.790. The summed E-state index contributed by atoms with van der Waals surface area (Å²) in [4.78, 5) is 23.5. The highest BCUT2D eigenvalue weighted by atomic mass is 35.5. The molecule has 0 bridgehead atoms. The molecular formula is C14H15ClO3. The van der Waals surface area contributed by atoms with Gasteiger partial charge in [0.25, 0.3) is 0 Å². The normalized spacial score (nSPS) is 17.2. The molecule has 1 fully saturated rings. The molecule has 0 aliphatic heterocycles. The topological polar surface area (TPSA) is 43.4 Å². The molecule has 0 unspecified atom stereocenters. The Morgan fingerprint density at radius 2 is 2.11 bits per heavy atom. The molecule has 0 spiro atoms. The smallest absolute Gasteiger partial charge is 0.317 e. The molecule has 2 rings (SSSR count). The van der Waals surface area contributed by atoms with Gasteiger partial charge in [-0.15, -0.1) is 0 Å². The summed E-state index contributed by atoms with van der Waals surface area (Å²) in [6.07, 6.45) is 0.382. The summed E-state index contributed by atoms with van der Waals surface area (Å²) in [6.45, 7) is 3.95. The fourth-order valence-electron chi connectivity index (χ4n) is 2.55. The van der Waals surface area contributed by atoms with Crippen LogP contribution in [0.15, 0.2) is 18.2 Å². The van der Waals surface area contributed by atoms with Gasteiger partial charge in [-0.25, -0.2) is 0 Å². The van der Waals surface area contributed by atoms with Crippen LogP contribution in [0, 0.1) is 6.92 Å². The highest BCUT2D eigenvalue weighted by molar-refractivity contribution is 6.32. The average molecular weight is 267 g/mol. The van der Waals surface area contributed by atoms with E-state index in [4.69, 9.17) is 16.3 Å². The Bertz CT molecular complexity index is 480. The SMILES string of the molecule is CCOC(=O)C1(c2c(C)cccc2Cl)CC(=O)C1. The minimum Gasteiger partial charge on any atom is -0.465 e. The first-order valence-electron chi connectivity index (χ1n) is 5.96. The van der Waals surface area contributed by atoms with E-state index in [-0.39, 0.29) is 24.6 Å². The van der Waals surface area contributed by atoms with Gasteiger partial charge in [0.1, 0.15) is 11.2 Å². The van der Waals surface area contributed by atoms with Gasteiger partial charge >= 0.3 is 5.97 Å². The lowest BCUT2D eigenvalue weighted by molar-refractivity contribution is -0.158. The van der Waals surface area contributed by atoms with Crippen molar-refractivity contribution < 1.29 is 14.3 Å². The van der Waals surface area contributed by atoms with E-state index in [1.165, 1.54) is 0 Å². The van der Waals surface area contributed by atoms with E-state index in [2.05, 4.69) is 0 Å². The van der Waals surface area contributed by atoms with Gasteiger partial charge in [0.2, 0.25) is 0 Å². The van der Waals surface area contributed by atoms with Crippen LogP contribution in [-0.4, -0.2) is 18.4 Å². The maximum absolute atomic E-state index is 12.2. The molecule has 1 aliphatic rings. The second kappa shape index (κ2) is 4.73. The van der Waals surface area contributed by atoms with Gasteiger partial charge in [0, 0.05) is 17.9 Å². The first-order chi connectivity index (χ1) is 8.51. The van der Waals surface area contributed by atoms with E-state index in [9.17, 15) is 9.59 Å². The van der Waals surface area contributed by atoms with Crippen molar-refractivity contribution in [3.05, 3.63) is 34.3 Å². The van der Waals surface area contributed by atoms with Gasteiger partial charge < -0.3 is 4.74 Å². The highest BCUT2D eigenvalue weighted by Crippen LogP contribution is 2.46. The Labute approximate surface area is 111 Å². The summed E-state index contributed by atoms with van der Waals surface area (Å²) < 4.78 is 5.11. The molecule has 0 amide bonds. The van der Waals surface area contributed by atoms with Crippen LogP contribution in [0.2, 0.25) is 5.02 Å². The number of esters is 1. The number of benzene rings is 1. The summed E-state index contributed by atoms with van der Waals surface area (Å²) in [6, 6.07) is 5.47. The van der Waals surface area contributed by atoms with Gasteiger partial charge in [-0.05, 0) is 31.0 Å². The van der Waals surface area contributed by atoms with E-state index in [0.29, 0.717) is 11.6 Å². The molecule has 1 saturated carbocycles. The van der Waals surface area contributed by atoms with Crippen molar-refractivity contribution in [2.45, 2.75) is 32.1 Å². The zero-order chi connectivity index (χ0) is 13.3. The van der Waals surface area contributed by atoms with E-state index in [1.807, 2.05) is 19.1 Å². The summed E-state index contributed by atoms with van der Waals surface area (Å²) in [5.41, 5.74) is 0.794. The summed E-state index contributed by atoms with van der Waals surface area (Å²) in [7, 11) is 0. The Balaban J connectivity index is 2.49. The minimum atomic E-state index is -0.866. The van der Waals surface area contributed by atoms with Crippen LogP contribution in [-0.2, 0) is 19.7 Å². The van der Waals surface area contributed by atoms with E-state index < -0.39 is 5.41 Å². The second-order valence-electron chi connectivity index (χ2n) is 4.63. The lowest BCUT2D eigenvalue weighted by Gasteiger charge is -2.39. The first-order valence-corrected chi connectivity index (χ1v) is 6.33. The lowest BCUT2D eigenvalue weighted by atomic mass is 9.62. The van der Waals surface area contributed by atoms with Crippen LogP contribution >= 0.6 is 11.6 Å². The van der Waals surface area contributed by atoms with Crippen molar-refractivity contribution in [1.29, 1.82) is 0 Å². The van der Waals surface area contributed by atoms with Gasteiger partial charge in [-0.1, -0.05) is 23.7 Å². The molecule has 0 saturated heterocycles. The maximum Gasteiger partial charge on any atom is 0.317 e. The number of carbonyl (C=O) groups is 2. The third-order valence-electron chi connectivity index (χ3n) is 3.36. The monoisotopic (exact) mass is 266 g/mol. The third-order valence-corrected chi connectivity index (χ3v) is 3.68. The Kier molecular flexibility index (Phi) is 3.44. The van der Waals surface area contributed by atoms with Gasteiger partial charge in [0.15, 0.2) is 0 Å². The number of rotatable bonds is 3. The molecule has 0 N–H and O–H groups in total. The van der Waals surface area contributed by atoms with Crippen LogP contribution in [0.3, 0.4) is 0 Å². The number of aryl methyl sites for hydroxylation is 1. The number of ketones is 1. The fourth-order valence-corrected chi connectivity index (χ4v) is 2.95. The maximum atomic E-state index is 12.2. The zero-order valence-electron chi connectivity index (χ0n) is 10.5. The van der Waals surface area contributed by atoms with Crippen molar-refractivity contribution in [3.8, 4) is 0 Å². The van der Waals surface area contributed by atoms with Gasteiger partial charge in [-0.3, -0.25) is 9.59 Å². The average Bonchev–Trinajstić information content (AvgIpc) is 2.26. The van der Waals surface area contributed by atoms with E-state index >= 15 is 0 Å². The molecule has 1 aliphatic carbocycles. The molecule has 3 nitrogen and oxygen atoms in total. The van der Waals surface area contributed by atoms with Gasteiger partial charge in [-0.2, -0.15) is 0 Å². The van der Waals surface area contributed by atoms with Crippen LogP contribution in [0.5, 0.6) is 0 Å². The predicted octanol–water partition coefficient (Wildman–Crippen LogP) is 2.81. The molecular weight excluding hydrogens is 252 g/mol. The molecule has 96 valence electrons. The summed E-state index contributed by atoms with van der Waals surface area (Å²) in [5.74, 6) is -0.275. The van der Waals surface area contributed by atoms with Crippen molar-refractivity contribution in [1.82, 2.24) is 0 Å². The van der Waals surface area contributed by atoms with Crippen molar-refractivity contribution in [3.63, 3.8) is 0 Å². The highest BCUT2D eigenvalue weighted by Gasteiger charge is 2.53. The first kappa shape index (κ1) is 13.1. The van der Waals surface area contributed by atoms with Crippen LogP contribution < -0.4 is 0 Å². The Morgan fingerprint density at radius 3 is 2.61 bits per heavy atom. The lowest BCUT2D eigenvalue weighted by Crippen LogP contribution is -2.49. The van der Waals surface area contributed by atoms with E-state index in [1.54, 1.807) is 13.0 Å². The van der Waals surface area contributed by atoms with E-state index in [0.717, 1.165) is 11.1 Å². The standard InChI is InChI=1S/C14H15ClO3/c1-3-18-13(17)14(7-10(16)8-14)12-9(2)5-4-6-11(12)15/h4-6H,3,7-8H2,1-2H3. The fraction of sp³-hybridized carbons (Fsp3) is 0.429. The number of carbonyl (C=O) groups excluding carboxylic acids is 2. The zero-order valence-corrected chi connectivity index (χ0v) is 11.2. The second-order valence-corrected chi connectivity index (χ2v) is 5.03. The van der Waals surface area contributed by atoms with Crippen molar-refractivity contribution in [2.75, 3.05) is 6.61 Å². The molecule has 0 radical (unpaired) electrons. The number of halogens is 1. The van der Waals surface area contributed by atoms with Gasteiger partial charge in [0.05, 0.1) is 6.61 Å². The molecule has 1 aromatic carbocycles. The number of Topliss-reactive ketones (excluding diaryl/α,β-unsaturated/α-hetero) is 1. The molecule has 18 heavy (non-hydrogen) atoms. The van der Waals surface area contributed by atoms with Crippen molar-refractivity contribution >= 4 is 23.4 Å². The Hall–Kier alpha value is -1.35. The molecule has 0 aromatic heterocycles. The third kappa shape index (κ3) is 1.93. The Morgan fingerprint density at radius 1 is 1.44 bits per heavy atom. The molecule has 1 aromatic rings. The van der Waals surface area contributed by atoms with Crippen LogP contribution in [0.4, 0.5) is 0 Å². The van der Waals surface area contributed by atoms with Crippen LogP contribution in [0.25, 0.3) is 0 Å². The van der Waals surface area contributed by atoms with Crippen LogP contribution in [0.1, 0.15) is 30.9 Å². The molecule has 0 heterocycles. The number of hydrogen-bond donors (Lipinski definition) is 0. The molecule has 4 heteroatoms.